The molecule has 2 heterocycles. The molecule has 4 rings (SSSR count). The summed E-state index contributed by atoms with van der Waals surface area (Å²) in [5.41, 5.74) is 4.95. The zero-order valence-electron chi connectivity index (χ0n) is 20.1. The Morgan fingerprint density at radius 1 is 1.00 bits per heavy atom. The van der Waals surface area contributed by atoms with Crippen molar-refractivity contribution in [3.05, 3.63) is 65.2 Å². The van der Waals surface area contributed by atoms with Gasteiger partial charge < -0.3 is 15.1 Å². The molecule has 2 aliphatic heterocycles. The summed E-state index contributed by atoms with van der Waals surface area (Å²) in [4.78, 5) is 31.0. The van der Waals surface area contributed by atoms with Crippen molar-refractivity contribution in [3.8, 4) is 0 Å². The standard InChI is InChI=1S/C27H36N4O2/c1-20(32)28-16-21-10-12-22(13-11-21)24-18-30(19-25(24)27(33)29(2)3)17-23-8-4-5-9-26(23)31-14-6-7-15-31/h4-5,8-13,24-25H,6-7,14-19H2,1-3H3,(H,28,32)/t24-,25+/m1/s1. The molecule has 2 atom stereocenters. The van der Waals surface area contributed by atoms with Crippen LogP contribution in [0.2, 0.25) is 0 Å². The number of benzene rings is 2. The molecular formula is C27H36N4O2. The second-order valence-electron chi connectivity index (χ2n) is 9.61. The Balaban J connectivity index is 1.52. The molecular weight excluding hydrogens is 412 g/mol. The van der Waals surface area contributed by atoms with Gasteiger partial charge in [0.1, 0.15) is 0 Å². The van der Waals surface area contributed by atoms with Crippen LogP contribution in [-0.4, -0.2) is 61.9 Å². The second-order valence-corrected chi connectivity index (χ2v) is 9.61. The van der Waals surface area contributed by atoms with Gasteiger partial charge in [-0.2, -0.15) is 0 Å². The highest BCUT2D eigenvalue weighted by Gasteiger charge is 2.39. The van der Waals surface area contributed by atoms with E-state index >= 15 is 0 Å². The van der Waals surface area contributed by atoms with Gasteiger partial charge in [0.05, 0.1) is 5.92 Å². The summed E-state index contributed by atoms with van der Waals surface area (Å²) < 4.78 is 0. The van der Waals surface area contributed by atoms with Crippen molar-refractivity contribution in [1.29, 1.82) is 0 Å². The Labute approximate surface area is 197 Å². The zero-order valence-corrected chi connectivity index (χ0v) is 20.1. The summed E-state index contributed by atoms with van der Waals surface area (Å²) in [6, 6.07) is 17.1. The summed E-state index contributed by atoms with van der Waals surface area (Å²) in [7, 11) is 3.70. The number of carbonyl (C=O) groups excluding carboxylic acids is 2. The average molecular weight is 449 g/mol. The number of rotatable bonds is 7. The molecule has 0 radical (unpaired) electrons. The van der Waals surface area contributed by atoms with E-state index < -0.39 is 0 Å². The first-order chi connectivity index (χ1) is 15.9. The Kier molecular flexibility index (Phi) is 7.33. The minimum Gasteiger partial charge on any atom is -0.371 e. The van der Waals surface area contributed by atoms with Gasteiger partial charge in [-0.1, -0.05) is 42.5 Å². The van der Waals surface area contributed by atoms with Crippen LogP contribution in [0, 0.1) is 5.92 Å². The third-order valence-corrected chi connectivity index (χ3v) is 6.94. The molecule has 2 aromatic rings. The first-order valence-electron chi connectivity index (χ1n) is 12.0. The number of amides is 2. The number of carbonyl (C=O) groups is 2. The van der Waals surface area contributed by atoms with E-state index in [4.69, 9.17) is 0 Å². The van der Waals surface area contributed by atoms with Crippen LogP contribution in [0.15, 0.2) is 48.5 Å². The maximum absolute atomic E-state index is 13.1. The Hall–Kier alpha value is -2.86. The number of nitrogens with one attached hydrogen (secondary N) is 1. The monoisotopic (exact) mass is 448 g/mol. The SMILES string of the molecule is CC(=O)NCc1ccc([C@H]2CN(Cc3ccccc3N3CCCC3)C[C@@H]2C(=O)N(C)C)cc1. The molecule has 1 N–H and O–H groups in total. The summed E-state index contributed by atoms with van der Waals surface area (Å²) in [5, 5.41) is 2.84. The minimum atomic E-state index is -0.0554. The highest BCUT2D eigenvalue weighted by atomic mass is 16.2. The first-order valence-corrected chi connectivity index (χ1v) is 12.0. The van der Waals surface area contributed by atoms with Crippen molar-refractivity contribution in [2.45, 2.75) is 38.8 Å². The lowest BCUT2D eigenvalue weighted by Gasteiger charge is -2.24. The van der Waals surface area contributed by atoms with Gasteiger partial charge in [0.15, 0.2) is 0 Å². The van der Waals surface area contributed by atoms with Crippen molar-refractivity contribution < 1.29 is 9.59 Å². The molecule has 0 unspecified atom stereocenters. The fourth-order valence-electron chi connectivity index (χ4n) is 5.20. The van der Waals surface area contributed by atoms with Crippen molar-refractivity contribution in [2.75, 3.05) is 45.2 Å². The first kappa shape index (κ1) is 23.3. The van der Waals surface area contributed by atoms with Gasteiger partial charge in [-0.3, -0.25) is 14.5 Å². The number of para-hydroxylation sites is 1. The minimum absolute atomic E-state index is 0.0311. The van der Waals surface area contributed by atoms with Gasteiger partial charge in [0.25, 0.3) is 0 Å². The highest BCUT2D eigenvalue weighted by molar-refractivity contribution is 5.80. The molecule has 0 saturated carbocycles. The Morgan fingerprint density at radius 2 is 1.70 bits per heavy atom. The number of likely N-dealkylation sites (tertiary alicyclic amines) is 1. The van der Waals surface area contributed by atoms with E-state index in [1.54, 1.807) is 4.90 Å². The molecule has 2 aromatic carbocycles. The average Bonchev–Trinajstić information content (AvgIpc) is 3.48. The molecule has 0 aromatic heterocycles. The second kappa shape index (κ2) is 10.4. The lowest BCUT2D eigenvalue weighted by Crippen LogP contribution is -2.33. The normalized spacial score (nSPS) is 20.8. The smallest absolute Gasteiger partial charge is 0.227 e. The van der Waals surface area contributed by atoms with E-state index in [9.17, 15) is 9.59 Å². The van der Waals surface area contributed by atoms with Crippen LogP contribution in [0.25, 0.3) is 0 Å². The van der Waals surface area contributed by atoms with Crippen LogP contribution in [0.4, 0.5) is 5.69 Å². The van der Waals surface area contributed by atoms with Crippen molar-refractivity contribution in [2.24, 2.45) is 5.92 Å². The highest BCUT2D eigenvalue weighted by Crippen LogP contribution is 2.36. The molecule has 6 nitrogen and oxygen atoms in total. The van der Waals surface area contributed by atoms with Crippen molar-refractivity contribution in [1.82, 2.24) is 15.1 Å². The molecule has 0 bridgehead atoms. The van der Waals surface area contributed by atoms with Crippen LogP contribution in [0.1, 0.15) is 42.4 Å². The van der Waals surface area contributed by atoms with Crippen LogP contribution in [0.3, 0.4) is 0 Å². The fourth-order valence-corrected chi connectivity index (χ4v) is 5.20. The predicted molar refractivity (Wildman–Crippen MR) is 132 cm³/mol. The number of hydrogen-bond acceptors (Lipinski definition) is 4. The maximum Gasteiger partial charge on any atom is 0.227 e. The van der Waals surface area contributed by atoms with Crippen molar-refractivity contribution >= 4 is 17.5 Å². The van der Waals surface area contributed by atoms with Crippen LogP contribution in [-0.2, 0) is 22.7 Å². The van der Waals surface area contributed by atoms with Crippen LogP contribution < -0.4 is 10.2 Å². The van der Waals surface area contributed by atoms with Gasteiger partial charge >= 0.3 is 0 Å². The van der Waals surface area contributed by atoms with Crippen LogP contribution in [0.5, 0.6) is 0 Å². The maximum atomic E-state index is 13.1. The summed E-state index contributed by atoms with van der Waals surface area (Å²) in [6.07, 6.45) is 2.52. The molecule has 2 saturated heterocycles. The van der Waals surface area contributed by atoms with E-state index in [2.05, 4.69) is 63.6 Å². The molecule has 2 aliphatic rings. The van der Waals surface area contributed by atoms with Crippen LogP contribution >= 0.6 is 0 Å². The van der Waals surface area contributed by atoms with Gasteiger partial charge in [0.2, 0.25) is 11.8 Å². The number of hydrogen-bond donors (Lipinski definition) is 1. The number of nitrogens with zero attached hydrogens (tertiary/aromatic N) is 3. The molecule has 33 heavy (non-hydrogen) atoms. The molecule has 0 aliphatic carbocycles. The molecule has 2 amide bonds. The molecule has 176 valence electrons. The Morgan fingerprint density at radius 3 is 2.36 bits per heavy atom. The Bertz CT molecular complexity index is 966. The summed E-state index contributed by atoms with van der Waals surface area (Å²) in [6.45, 7) is 6.81. The van der Waals surface area contributed by atoms with Gasteiger partial charge in [-0.25, -0.2) is 0 Å². The zero-order chi connectivity index (χ0) is 23.4. The summed E-state index contributed by atoms with van der Waals surface area (Å²) >= 11 is 0. The van der Waals surface area contributed by atoms with E-state index in [-0.39, 0.29) is 23.7 Å². The lowest BCUT2D eigenvalue weighted by molar-refractivity contribution is -0.133. The quantitative estimate of drug-likeness (QED) is 0.707. The van der Waals surface area contributed by atoms with Gasteiger partial charge in [-0.15, -0.1) is 0 Å². The van der Waals surface area contributed by atoms with E-state index in [0.29, 0.717) is 6.54 Å². The van der Waals surface area contributed by atoms with Gasteiger partial charge in [0, 0.05) is 71.9 Å². The van der Waals surface area contributed by atoms with E-state index in [1.807, 2.05) is 14.1 Å². The summed E-state index contributed by atoms with van der Waals surface area (Å²) in [5.74, 6) is 0.267. The van der Waals surface area contributed by atoms with Gasteiger partial charge in [-0.05, 0) is 35.6 Å². The topological polar surface area (TPSA) is 55.9 Å². The van der Waals surface area contributed by atoms with E-state index in [1.165, 1.54) is 36.6 Å². The largest absolute Gasteiger partial charge is 0.371 e. The fraction of sp³-hybridized carbons (Fsp3) is 0.481. The number of anilines is 1. The predicted octanol–water partition coefficient (Wildman–Crippen LogP) is 3.23. The molecule has 6 heteroatoms. The third-order valence-electron chi connectivity index (χ3n) is 6.94. The molecule has 2 fully saturated rings. The van der Waals surface area contributed by atoms with Crippen molar-refractivity contribution in [3.63, 3.8) is 0 Å². The molecule has 0 spiro atoms. The third kappa shape index (κ3) is 5.56. The lowest BCUT2D eigenvalue weighted by atomic mass is 9.87. The van der Waals surface area contributed by atoms with E-state index in [0.717, 1.165) is 38.3 Å².